The molecule has 0 radical (unpaired) electrons. The van der Waals surface area contributed by atoms with Crippen LogP contribution in [0.3, 0.4) is 0 Å². The van der Waals surface area contributed by atoms with Gasteiger partial charge in [0.25, 0.3) is 0 Å². The summed E-state index contributed by atoms with van der Waals surface area (Å²) in [5.74, 6) is -0.647. The van der Waals surface area contributed by atoms with Crippen LogP contribution >= 0.6 is 23.2 Å². The summed E-state index contributed by atoms with van der Waals surface area (Å²) in [5.41, 5.74) is 10.8. The normalized spacial score (nSPS) is 12.1. The Labute approximate surface area is 307 Å². The molecular weight excluding hydrogens is 722 g/mol. The summed E-state index contributed by atoms with van der Waals surface area (Å²) in [6, 6.07) is 23.5. The molecule has 4 N–H and O–H groups in total. The summed E-state index contributed by atoms with van der Waals surface area (Å²) in [4.78, 5) is 30.3. The number of alkyl halides is 3. The molecule has 0 aliphatic carbocycles. The van der Waals surface area contributed by atoms with Gasteiger partial charge in [-0.2, -0.15) is 0 Å². The minimum atomic E-state index is -4.81. The largest absolute Gasteiger partial charge is 0.573 e. The lowest BCUT2D eigenvalue weighted by atomic mass is 10.0. The van der Waals surface area contributed by atoms with E-state index in [2.05, 4.69) is 10.1 Å². The topological polar surface area (TPSA) is 132 Å². The fraction of sp³-hybridized carbons (Fsp3) is 0.270. The zero-order valence-electron chi connectivity index (χ0n) is 28.0. The predicted octanol–water partition coefficient (Wildman–Crippen LogP) is 7.03. The number of fused-ring (bicyclic) bond motifs is 1. The lowest BCUT2D eigenvalue weighted by Gasteiger charge is -2.24. The maximum atomic E-state index is 12.8. The molecule has 52 heavy (non-hydrogen) atoms. The molecular formula is C37H36Cl2F3N5O5. The van der Waals surface area contributed by atoms with Gasteiger partial charge in [-0.05, 0) is 77.4 Å². The van der Waals surface area contributed by atoms with Gasteiger partial charge in [0.2, 0.25) is 5.91 Å². The van der Waals surface area contributed by atoms with Crippen molar-refractivity contribution in [1.29, 1.82) is 0 Å². The van der Waals surface area contributed by atoms with Gasteiger partial charge < -0.3 is 35.1 Å². The van der Waals surface area contributed by atoms with Crippen LogP contribution in [0.2, 0.25) is 10.0 Å². The minimum Gasteiger partial charge on any atom is -0.464 e. The van der Waals surface area contributed by atoms with Crippen LogP contribution < -0.4 is 20.7 Å². The predicted molar refractivity (Wildman–Crippen MR) is 193 cm³/mol. The number of ether oxygens (including phenoxy) is 2. The van der Waals surface area contributed by atoms with Gasteiger partial charge >= 0.3 is 12.3 Å². The summed E-state index contributed by atoms with van der Waals surface area (Å²) >= 11 is 12.3. The first-order valence-electron chi connectivity index (χ1n) is 16.2. The molecule has 0 spiro atoms. The Morgan fingerprint density at radius 1 is 0.962 bits per heavy atom. The number of primary amides is 1. The monoisotopic (exact) mass is 757 g/mol. The van der Waals surface area contributed by atoms with Gasteiger partial charge in [-0.1, -0.05) is 47.5 Å². The van der Waals surface area contributed by atoms with E-state index < -0.39 is 24.3 Å². The van der Waals surface area contributed by atoms with E-state index in [-0.39, 0.29) is 31.9 Å². The van der Waals surface area contributed by atoms with E-state index in [0.29, 0.717) is 46.6 Å². The number of benzene rings is 4. The van der Waals surface area contributed by atoms with Crippen molar-refractivity contribution in [2.75, 3.05) is 31.2 Å². The summed E-state index contributed by atoms with van der Waals surface area (Å²) in [7, 11) is 0. The Morgan fingerprint density at radius 3 is 2.31 bits per heavy atom. The highest BCUT2D eigenvalue weighted by Crippen LogP contribution is 2.31. The molecule has 10 nitrogen and oxygen atoms in total. The highest BCUT2D eigenvalue weighted by Gasteiger charge is 2.31. The number of amides is 1. The number of anilines is 1. The van der Waals surface area contributed by atoms with Gasteiger partial charge in [-0.3, -0.25) is 9.59 Å². The number of imidazole rings is 1. The molecule has 1 atom stereocenters. The third kappa shape index (κ3) is 10.4. The highest BCUT2D eigenvalue weighted by molar-refractivity contribution is 6.42. The third-order valence-corrected chi connectivity index (χ3v) is 8.88. The molecule has 0 aliphatic heterocycles. The SMILES string of the molecule is CC(=O)OCCN(CCO)c1ccc(-c2nc3cc(C(CC(N)=O)NCc4ccc(Cl)c(Cl)c4)ccc3n2Cc2ccc(OC(F)(F)F)cc2)cc1. The van der Waals surface area contributed by atoms with Gasteiger partial charge in [-0.15, -0.1) is 13.2 Å². The number of carbonyl (C=O) groups excluding carboxylic acids is 2. The molecule has 0 saturated heterocycles. The number of nitrogens with zero attached hydrogens (tertiary/aromatic N) is 3. The first-order chi connectivity index (χ1) is 24.8. The quantitative estimate of drug-likeness (QED) is 0.0916. The zero-order valence-corrected chi connectivity index (χ0v) is 29.5. The van der Waals surface area contributed by atoms with Gasteiger partial charge in [0, 0.05) is 50.3 Å². The van der Waals surface area contributed by atoms with E-state index in [9.17, 15) is 27.9 Å². The van der Waals surface area contributed by atoms with E-state index in [1.165, 1.54) is 19.1 Å². The molecule has 1 aromatic heterocycles. The van der Waals surface area contributed by atoms with Crippen molar-refractivity contribution < 1.29 is 37.3 Å². The van der Waals surface area contributed by atoms with Crippen LogP contribution in [0.5, 0.6) is 5.75 Å². The number of hydrogen-bond acceptors (Lipinski definition) is 8. The van der Waals surface area contributed by atoms with Gasteiger partial charge in [0.1, 0.15) is 18.2 Å². The average molecular weight is 759 g/mol. The summed E-state index contributed by atoms with van der Waals surface area (Å²) in [6.07, 6.45) is -4.80. The Hall–Kier alpha value is -4.82. The maximum Gasteiger partial charge on any atom is 0.573 e. The van der Waals surface area contributed by atoms with Crippen molar-refractivity contribution in [2.24, 2.45) is 5.73 Å². The molecule has 5 rings (SSSR count). The molecule has 4 aromatic carbocycles. The molecule has 0 bridgehead atoms. The van der Waals surface area contributed by atoms with E-state index in [4.69, 9.17) is 38.7 Å². The summed E-state index contributed by atoms with van der Waals surface area (Å²) in [6.45, 7) is 2.71. The Bertz CT molecular complexity index is 2010. The first kappa shape index (κ1) is 38.4. The number of nitrogens with one attached hydrogen (secondary N) is 1. The van der Waals surface area contributed by atoms with E-state index >= 15 is 0 Å². The number of halogens is 5. The number of carbonyl (C=O) groups is 2. The molecule has 0 saturated carbocycles. The van der Waals surface area contributed by atoms with Crippen LogP contribution in [-0.2, 0) is 27.4 Å². The molecule has 1 unspecified atom stereocenters. The van der Waals surface area contributed by atoms with Crippen molar-refractivity contribution in [1.82, 2.24) is 14.9 Å². The standard InChI is InChI=1S/C37H36Cl2F3N5O5/c1-23(49)51-17-15-46(14-16-48)28-8-5-26(6-9-28)36-45-33-19-27(32(20-35(43)50)44-21-25-4-12-30(38)31(39)18-25)7-13-34(33)47(36)22-24-2-10-29(11-3-24)52-37(40,41)42/h2-13,18-19,32,44,48H,14-17,20-22H2,1H3,(H2,43,50). The highest BCUT2D eigenvalue weighted by atomic mass is 35.5. The Morgan fingerprint density at radius 2 is 1.67 bits per heavy atom. The van der Waals surface area contributed by atoms with E-state index in [0.717, 1.165) is 27.9 Å². The van der Waals surface area contributed by atoms with Crippen LogP contribution in [0.25, 0.3) is 22.4 Å². The Balaban J connectivity index is 1.50. The number of esters is 1. The number of aliphatic hydroxyl groups excluding tert-OH is 1. The number of aliphatic hydroxyl groups is 1. The van der Waals surface area contributed by atoms with Crippen LogP contribution in [0.4, 0.5) is 18.9 Å². The van der Waals surface area contributed by atoms with Crippen molar-refractivity contribution in [3.05, 3.63) is 112 Å². The maximum absolute atomic E-state index is 12.8. The molecule has 1 heterocycles. The summed E-state index contributed by atoms with van der Waals surface area (Å²) < 4.78 is 49.5. The number of nitrogens with two attached hydrogens (primary N) is 1. The van der Waals surface area contributed by atoms with Crippen molar-refractivity contribution >= 4 is 51.8 Å². The van der Waals surface area contributed by atoms with Crippen LogP contribution in [-0.4, -0.2) is 59.2 Å². The fourth-order valence-electron chi connectivity index (χ4n) is 5.73. The molecule has 1 amide bonds. The van der Waals surface area contributed by atoms with Crippen LogP contribution in [0, 0.1) is 0 Å². The second kappa shape index (κ2) is 17.1. The van der Waals surface area contributed by atoms with Gasteiger partial charge in [0.05, 0.1) is 34.2 Å². The molecule has 0 aliphatic rings. The third-order valence-electron chi connectivity index (χ3n) is 8.14. The van der Waals surface area contributed by atoms with Crippen molar-refractivity contribution in [3.8, 4) is 17.1 Å². The molecule has 5 aromatic rings. The summed E-state index contributed by atoms with van der Waals surface area (Å²) in [5, 5.41) is 13.8. The lowest BCUT2D eigenvalue weighted by molar-refractivity contribution is -0.274. The van der Waals surface area contributed by atoms with E-state index in [1.54, 1.807) is 24.3 Å². The van der Waals surface area contributed by atoms with E-state index in [1.807, 2.05) is 58.0 Å². The molecule has 274 valence electrons. The zero-order chi connectivity index (χ0) is 37.4. The lowest BCUT2D eigenvalue weighted by Crippen LogP contribution is -2.30. The van der Waals surface area contributed by atoms with Gasteiger partial charge in [-0.25, -0.2) is 4.98 Å². The second-order valence-corrected chi connectivity index (χ2v) is 12.7. The number of rotatable bonds is 16. The minimum absolute atomic E-state index is 0.00992. The van der Waals surface area contributed by atoms with Crippen LogP contribution in [0.1, 0.15) is 36.1 Å². The van der Waals surface area contributed by atoms with Crippen molar-refractivity contribution in [3.63, 3.8) is 0 Å². The molecule has 15 heteroatoms. The van der Waals surface area contributed by atoms with Crippen molar-refractivity contribution in [2.45, 2.75) is 38.8 Å². The Kier molecular flexibility index (Phi) is 12.7. The van der Waals surface area contributed by atoms with Gasteiger partial charge in [0.15, 0.2) is 0 Å². The molecule has 0 fully saturated rings. The number of aromatic nitrogens is 2. The smallest absolute Gasteiger partial charge is 0.464 e. The first-order valence-corrected chi connectivity index (χ1v) is 17.0. The van der Waals surface area contributed by atoms with Crippen LogP contribution in [0.15, 0.2) is 84.9 Å². The number of hydrogen-bond donors (Lipinski definition) is 3. The second-order valence-electron chi connectivity index (χ2n) is 11.9. The fourth-order valence-corrected chi connectivity index (χ4v) is 6.06. The average Bonchev–Trinajstić information content (AvgIpc) is 3.45.